The first-order valence-electron chi connectivity index (χ1n) is 8.84. The van der Waals surface area contributed by atoms with E-state index in [-0.39, 0.29) is 12.7 Å². The molecule has 0 saturated carbocycles. The minimum Gasteiger partial charge on any atom is -0.469 e. The van der Waals surface area contributed by atoms with Crippen molar-refractivity contribution in [3.8, 4) is 0 Å². The fraction of sp³-hybridized carbons (Fsp3) is 0.300. The lowest BCUT2D eigenvalue weighted by atomic mass is 9.80. The topological polar surface area (TPSA) is 81.9 Å². The highest BCUT2D eigenvalue weighted by atomic mass is 19.2. The zero-order valence-electron chi connectivity index (χ0n) is 15.8. The maximum Gasteiger partial charge on any atom is 0.410 e. The summed E-state index contributed by atoms with van der Waals surface area (Å²) in [5, 5.41) is 0. The lowest BCUT2D eigenvalue weighted by Crippen LogP contribution is -2.49. The van der Waals surface area contributed by atoms with Gasteiger partial charge < -0.3 is 20.1 Å². The van der Waals surface area contributed by atoms with E-state index in [4.69, 9.17) is 10.5 Å². The fourth-order valence-corrected chi connectivity index (χ4v) is 3.50. The van der Waals surface area contributed by atoms with Gasteiger partial charge in [0, 0.05) is 24.7 Å². The van der Waals surface area contributed by atoms with Crippen LogP contribution < -0.4 is 5.73 Å². The quantitative estimate of drug-likeness (QED) is 0.352. The number of carbonyl (C=O) groups excluding carboxylic acids is 2. The summed E-state index contributed by atoms with van der Waals surface area (Å²) in [6.45, 7) is -1.07. The monoisotopic (exact) mass is 426 g/mol. The van der Waals surface area contributed by atoms with Gasteiger partial charge in [0.2, 0.25) is 0 Å². The van der Waals surface area contributed by atoms with Crippen LogP contribution in [-0.2, 0) is 26.4 Å². The van der Waals surface area contributed by atoms with Gasteiger partial charge in [-0.2, -0.15) is 0 Å². The van der Waals surface area contributed by atoms with Crippen molar-refractivity contribution in [1.29, 1.82) is 0 Å². The highest BCUT2D eigenvalue weighted by molar-refractivity contribution is 5.78. The molecule has 1 saturated heterocycles. The molecule has 1 fully saturated rings. The molecular formula is C20H18F4N2O4. The number of ether oxygens (including phenoxy) is 2. The molecule has 2 aromatic rings. The molecule has 1 amide bonds. The Bertz CT molecular complexity index is 973. The Morgan fingerprint density at radius 1 is 1.13 bits per heavy atom. The zero-order valence-corrected chi connectivity index (χ0v) is 15.8. The third kappa shape index (κ3) is 3.82. The predicted molar refractivity (Wildman–Crippen MR) is 95.8 cm³/mol. The van der Waals surface area contributed by atoms with E-state index < -0.39 is 65.4 Å². The summed E-state index contributed by atoms with van der Waals surface area (Å²) >= 11 is 0. The number of halogens is 4. The molecule has 0 aromatic heterocycles. The number of benzene rings is 2. The summed E-state index contributed by atoms with van der Waals surface area (Å²) in [4.78, 5) is 25.7. The van der Waals surface area contributed by atoms with Crippen molar-refractivity contribution in [3.05, 3.63) is 70.8 Å². The summed E-state index contributed by atoms with van der Waals surface area (Å²) in [5.74, 6) is -9.46. The minimum atomic E-state index is -2.21. The number of nitrogens with two attached hydrogens (primary N) is 1. The van der Waals surface area contributed by atoms with E-state index in [1.165, 1.54) is 0 Å². The van der Waals surface area contributed by atoms with Gasteiger partial charge in [-0.1, -0.05) is 30.3 Å². The summed E-state index contributed by atoms with van der Waals surface area (Å²) in [5.41, 5.74) is 3.57. The Kier molecular flexibility index (Phi) is 5.97. The van der Waals surface area contributed by atoms with Gasteiger partial charge >= 0.3 is 12.1 Å². The van der Waals surface area contributed by atoms with Crippen molar-refractivity contribution in [3.63, 3.8) is 0 Å². The number of likely N-dealkylation sites (tertiary alicyclic amines) is 1. The van der Waals surface area contributed by atoms with Crippen molar-refractivity contribution < 1.29 is 36.6 Å². The molecule has 0 bridgehead atoms. The minimum absolute atomic E-state index is 0.0927. The average Bonchev–Trinajstić information content (AvgIpc) is 3.08. The molecule has 0 aliphatic carbocycles. The first-order valence-corrected chi connectivity index (χ1v) is 8.84. The van der Waals surface area contributed by atoms with E-state index in [2.05, 4.69) is 4.74 Å². The molecule has 2 aromatic carbocycles. The van der Waals surface area contributed by atoms with Crippen molar-refractivity contribution in [2.24, 2.45) is 11.7 Å². The first-order chi connectivity index (χ1) is 14.2. The van der Waals surface area contributed by atoms with Gasteiger partial charge in [-0.05, 0) is 5.56 Å². The lowest BCUT2D eigenvalue weighted by Gasteiger charge is -2.30. The van der Waals surface area contributed by atoms with Crippen LogP contribution in [0.1, 0.15) is 11.1 Å². The van der Waals surface area contributed by atoms with Gasteiger partial charge in [-0.25, -0.2) is 22.4 Å². The molecule has 10 heteroatoms. The van der Waals surface area contributed by atoms with E-state index in [0.717, 1.165) is 12.0 Å². The second-order valence-electron chi connectivity index (χ2n) is 6.88. The first kappa shape index (κ1) is 21.6. The van der Waals surface area contributed by atoms with E-state index in [9.17, 15) is 27.2 Å². The molecule has 1 aliphatic heterocycles. The van der Waals surface area contributed by atoms with Crippen molar-refractivity contribution >= 4 is 12.1 Å². The van der Waals surface area contributed by atoms with Crippen molar-refractivity contribution in [1.82, 2.24) is 4.90 Å². The van der Waals surface area contributed by atoms with Gasteiger partial charge in [-0.15, -0.1) is 0 Å². The van der Waals surface area contributed by atoms with Gasteiger partial charge in [0.1, 0.15) is 12.4 Å². The molecule has 30 heavy (non-hydrogen) atoms. The Balaban J connectivity index is 1.91. The van der Waals surface area contributed by atoms with Gasteiger partial charge in [0.25, 0.3) is 0 Å². The smallest absolute Gasteiger partial charge is 0.410 e. The number of hydrogen-bond acceptors (Lipinski definition) is 5. The highest BCUT2D eigenvalue weighted by Gasteiger charge is 2.54. The van der Waals surface area contributed by atoms with Gasteiger partial charge in [0.15, 0.2) is 17.5 Å². The number of nitrogens with zero attached hydrogens (tertiary/aromatic N) is 1. The molecule has 0 radical (unpaired) electrons. The van der Waals surface area contributed by atoms with Gasteiger partial charge in [-0.3, -0.25) is 4.79 Å². The van der Waals surface area contributed by atoms with Gasteiger partial charge in [0.05, 0.1) is 18.6 Å². The third-order valence-corrected chi connectivity index (χ3v) is 5.01. The molecule has 6 nitrogen and oxygen atoms in total. The third-order valence-electron chi connectivity index (χ3n) is 5.01. The van der Waals surface area contributed by atoms with Crippen LogP contribution in [-0.4, -0.2) is 37.2 Å². The summed E-state index contributed by atoms with van der Waals surface area (Å²) in [7, 11) is 1.02. The van der Waals surface area contributed by atoms with Crippen LogP contribution in [0.2, 0.25) is 0 Å². The maximum absolute atomic E-state index is 14.4. The number of methoxy groups -OCH3 is 1. The molecule has 1 aliphatic rings. The maximum atomic E-state index is 14.4. The average molecular weight is 426 g/mol. The molecular weight excluding hydrogens is 408 g/mol. The van der Waals surface area contributed by atoms with Crippen LogP contribution in [0.15, 0.2) is 36.4 Å². The van der Waals surface area contributed by atoms with Crippen LogP contribution >= 0.6 is 0 Å². The molecule has 2 unspecified atom stereocenters. The van der Waals surface area contributed by atoms with Crippen LogP contribution in [0.5, 0.6) is 0 Å². The lowest BCUT2D eigenvalue weighted by molar-refractivity contribution is -0.146. The number of rotatable bonds is 4. The number of amides is 1. The largest absolute Gasteiger partial charge is 0.469 e. The normalized spacial score (nSPS) is 20.9. The summed E-state index contributed by atoms with van der Waals surface area (Å²) < 4.78 is 65.8. The van der Waals surface area contributed by atoms with Crippen molar-refractivity contribution in [2.75, 3.05) is 20.2 Å². The molecule has 2 atom stereocenters. The standard InChI is InChI=1S/C20H18F4N2O4/c1-29-18(27)12-8-26(19(28)30-9-11-5-3-2-4-6-11)10-20(12,25)15-13(21)7-14(22)16(23)17(15)24/h2-7,12H,8-10,25H2,1H3. The number of hydrogen-bond donors (Lipinski definition) is 1. The van der Waals surface area contributed by atoms with E-state index in [0.29, 0.717) is 5.56 Å². The Morgan fingerprint density at radius 3 is 2.43 bits per heavy atom. The van der Waals surface area contributed by atoms with Crippen LogP contribution in [0.4, 0.5) is 22.4 Å². The van der Waals surface area contributed by atoms with Crippen molar-refractivity contribution in [2.45, 2.75) is 12.1 Å². The van der Waals surface area contributed by atoms with Crippen LogP contribution in [0.25, 0.3) is 0 Å². The molecule has 0 spiro atoms. The zero-order chi connectivity index (χ0) is 22.1. The molecule has 1 heterocycles. The molecule has 2 N–H and O–H groups in total. The summed E-state index contributed by atoms with van der Waals surface area (Å²) in [6, 6.07) is 8.83. The summed E-state index contributed by atoms with van der Waals surface area (Å²) in [6.07, 6.45) is -0.900. The second-order valence-corrected chi connectivity index (χ2v) is 6.88. The van der Waals surface area contributed by atoms with E-state index in [1.807, 2.05) is 0 Å². The predicted octanol–water partition coefficient (Wildman–Crippen LogP) is 2.84. The Hall–Kier alpha value is -3.14. The Morgan fingerprint density at radius 2 is 1.80 bits per heavy atom. The molecule has 3 rings (SSSR count). The SMILES string of the molecule is COC(=O)C1CN(C(=O)OCc2ccccc2)CC1(N)c1c(F)cc(F)c(F)c1F. The number of esters is 1. The van der Waals surface area contributed by atoms with E-state index in [1.54, 1.807) is 30.3 Å². The molecule has 160 valence electrons. The van der Waals surface area contributed by atoms with E-state index >= 15 is 0 Å². The number of carbonyl (C=O) groups is 2. The van der Waals surface area contributed by atoms with Crippen LogP contribution in [0, 0.1) is 29.2 Å². The second kappa shape index (κ2) is 8.31. The van der Waals surface area contributed by atoms with Crippen LogP contribution in [0.3, 0.4) is 0 Å². The highest BCUT2D eigenvalue weighted by Crippen LogP contribution is 2.39. The Labute approximate surface area is 169 Å². The fourth-order valence-electron chi connectivity index (χ4n) is 3.50.